The molecule has 4 amide bonds. The molecule has 1 saturated heterocycles. The van der Waals surface area contributed by atoms with Gasteiger partial charge < -0.3 is 4.57 Å². The van der Waals surface area contributed by atoms with Crippen LogP contribution in [0.5, 0.6) is 0 Å². The van der Waals surface area contributed by atoms with Gasteiger partial charge in [0.15, 0.2) is 0 Å². The molecule has 1 saturated carbocycles. The maximum absolute atomic E-state index is 13.2. The number of hydrogen-bond donors (Lipinski definition) is 1. The van der Waals surface area contributed by atoms with Crippen LogP contribution < -0.4 is 10.2 Å². The molecular formula is C23H23Cl2N3O3. The second-order valence-electron chi connectivity index (χ2n) is 8.02. The van der Waals surface area contributed by atoms with Gasteiger partial charge in [0.1, 0.15) is 5.57 Å². The lowest BCUT2D eigenvalue weighted by Gasteiger charge is -2.27. The molecule has 1 aliphatic heterocycles. The minimum Gasteiger partial charge on any atom is -0.346 e. The lowest BCUT2D eigenvalue weighted by molar-refractivity contribution is -0.122. The normalized spacial score (nSPS) is 19.3. The van der Waals surface area contributed by atoms with Crippen LogP contribution >= 0.6 is 23.2 Å². The number of rotatable bonds is 3. The van der Waals surface area contributed by atoms with E-state index in [4.69, 9.17) is 23.2 Å². The lowest BCUT2D eigenvalue weighted by Crippen LogP contribution is -2.54. The molecule has 162 valence electrons. The number of halogens is 2. The Labute approximate surface area is 190 Å². The standard InChI is InChI=1S/C23H23Cl2N3O3/c1-13-11-15(14(2)27(13)16-7-4-3-5-8-16)12-17-21(29)26-23(31)28(22(17)30)19-10-6-9-18(24)20(19)25/h6,9-12,16H,3-5,7-8H2,1-2H3,(H,26,29,31). The topological polar surface area (TPSA) is 71.4 Å². The zero-order valence-electron chi connectivity index (χ0n) is 17.4. The van der Waals surface area contributed by atoms with E-state index in [1.54, 1.807) is 18.2 Å². The van der Waals surface area contributed by atoms with Crippen LogP contribution in [0.2, 0.25) is 10.0 Å². The number of hydrogen-bond acceptors (Lipinski definition) is 3. The molecule has 1 aromatic carbocycles. The van der Waals surface area contributed by atoms with Crippen LogP contribution in [0.4, 0.5) is 10.5 Å². The van der Waals surface area contributed by atoms with Gasteiger partial charge in [-0.25, -0.2) is 9.69 Å². The molecule has 1 aliphatic carbocycles. The van der Waals surface area contributed by atoms with Gasteiger partial charge in [0.25, 0.3) is 11.8 Å². The van der Waals surface area contributed by atoms with Crippen molar-refractivity contribution in [2.75, 3.05) is 4.90 Å². The van der Waals surface area contributed by atoms with Crippen molar-refractivity contribution in [3.05, 3.63) is 56.8 Å². The van der Waals surface area contributed by atoms with Gasteiger partial charge in [-0.3, -0.25) is 14.9 Å². The van der Waals surface area contributed by atoms with E-state index in [2.05, 4.69) is 9.88 Å². The summed E-state index contributed by atoms with van der Waals surface area (Å²) in [5.74, 6) is -1.47. The van der Waals surface area contributed by atoms with Crippen molar-refractivity contribution in [1.29, 1.82) is 0 Å². The number of aromatic nitrogens is 1. The molecule has 0 atom stereocenters. The van der Waals surface area contributed by atoms with Crippen LogP contribution in [0.15, 0.2) is 29.8 Å². The van der Waals surface area contributed by atoms with Crippen molar-refractivity contribution in [2.24, 2.45) is 0 Å². The number of anilines is 1. The van der Waals surface area contributed by atoms with Gasteiger partial charge in [0.2, 0.25) is 0 Å². The fourth-order valence-electron chi connectivity index (χ4n) is 4.55. The van der Waals surface area contributed by atoms with E-state index in [9.17, 15) is 14.4 Å². The summed E-state index contributed by atoms with van der Waals surface area (Å²) in [4.78, 5) is 39.0. The van der Waals surface area contributed by atoms with Gasteiger partial charge >= 0.3 is 6.03 Å². The molecule has 0 bridgehead atoms. The number of imide groups is 2. The Morgan fingerprint density at radius 3 is 2.48 bits per heavy atom. The maximum Gasteiger partial charge on any atom is 0.336 e. The van der Waals surface area contributed by atoms with Crippen LogP contribution in [-0.4, -0.2) is 22.4 Å². The fourth-order valence-corrected chi connectivity index (χ4v) is 4.93. The first kappa shape index (κ1) is 21.7. The predicted molar refractivity (Wildman–Crippen MR) is 121 cm³/mol. The highest BCUT2D eigenvalue weighted by atomic mass is 35.5. The number of aryl methyl sites for hydroxylation is 1. The molecule has 2 fully saturated rings. The van der Waals surface area contributed by atoms with E-state index in [0.29, 0.717) is 6.04 Å². The predicted octanol–water partition coefficient (Wildman–Crippen LogP) is 5.58. The van der Waals surface area contributed by atoms with Gasteiger partial charge in [-0.2, -0.15) is 0 Å². The van der Waals surface area contributed by atoms with Crippen LogP contribution in [0.1, 0.15) is 55.1 Å². The van der Waals surface area contributed by atoms with Crippen LogP contribution in [0.3, 0.4) is 0 Å². The summed E-state index contributed by atoms with van der Waals surface area (Å²) in [5, 5.41) is 2.50. The molecule has 0 unspecified atom stereocenters. The highest BCUT2D eigenvalue weighted by molar-refractivity contribution is 6.46. The Hall–Kier alpha value is -2.57. The summed E-state index contributed by atoms with van der Waals surface area (Å²) in [7, 11) is 0. The summed E-state index contributed by atoms with van der Waals surface area (Å²) in [5.41, 5.74) is 2.88. The number of carbonyl (C=O) groups excluding carboxylic acids is 3. The quantitative estimate of drug-likeness (QED) is 0.480. The van der Waals surface area contributed by atoms with E-state index in [1.165, 1.54) is 25.3 Å². The van der Waals surface area contributed by atoms with Gasteiger partial charge in [-0.05, 0) is 56.5 Å². The van der Waals surface area contributed by atoms with E-state index < -0.39 is 17.8 Å². The summed E-state index contributed by atoms with van der Waals surface area (Å²) >= 11 is 12.3. The van der Waals surface area contributed by atoms with Crippen molar-refractivity contribution < 1.29 is 14.4 Å². The number of nitrogens with zero attached hydrogens (tertiary/aromatic N) is 2. The molecule has 0 radical (unpaired) electrons. The number of barbiturate groups is 1. The minimum atomic E-state index is -0.857. The van der Waals surface area contributed by atoms with Gasteiger partial charge in [0, 0.05) is 17.4 Å². The van der Waals surface area contributed by atoms with E-state index in [-0.39, 0.29) is 21.3 Å². The minimum absolute atomic E-state index is 0.0665. The largest absolute Gasteiger partial charge is 0.346 e. The second-order valence-corrected chi connectivity index (χ2v) is 8.80. The second kappa shape index (κ2) is 8.52. The first-order chi connectivity index (χ1) is 14.8. The van der Waals surface area contributed by atoms with Crippen LogP contribution in [0, 0.1) is 13.8 Å². The van der Waals surface area contributed by atoms with Crippen molar-refractivity contribution in [2.45, 2.75) is 52.0 Å². The third-order valence-corrected chi connectivity index (χ3v) is 6.85. The van der Waals surface area contributed by atoms with Gasteiger partial charge in [-0.15, -0.1) is 0 Å². The summed E-state index contributed by atoms with van der Waals surface area (Å²) in [6.45, 7) is 4.03. The smallest absolute Gasteiger partial charge is 0.336 e. The molecular weight excluding hydrogens is 437 g/mol. The molecule has 6 nitrogen and oxygen atoms in total. The molecule has 2 aromatic rings. The Bertz CT molecular complexity index is 1110. The summed E-state index contributed by atoms with van der Waals surface area (Å²) in [6.07, 6.45) is 7.48. The molecule has 8 heteroatoms. The first-order valence-electron chi connectivity index (χ1n) is 10.3. The molecule has 1 aromatic heterocycles. The number of urea groups is 1. The Balaban J connectivity index is 1.73. The third-order valence-electron chi connectivity index (χ3n) is 6.04. The SMILES string of the molecule is Cc1cc(C=C2C(=O)NC(=O)N(c3cccc(Cl)c3Cl)C2=O)c(C)n1C1CCCCC1. The number of amides is 4. The van der Waals surface area contributed by atoms with Crippen molar-refractivity contribution in [1.82, 2.24) is 9.88 Å². The Kier molecular flexibility index (Phi) is 5.95. The van der Waals surface area contributed by atoms with Crippen molar-refractivity contribution >= 4 is 52.8 Å². The van der Waals surface area contributed by atoms with Crippen molar-refractivity contribution in [3.63, 3.8) is 0 Å². The average Bonchev–Trinajstić information content (AvgIpc) is 3.02. The zero-order valence-corrected chi connectivity index (χ0v) is 18.9. The lowest BCUT2D eigenvalue weighted by atomic mass is 9.95. The monoisotopic (exact) mass is 459 g/mol. The fraction of sp³-hybridized carbons (Fsp3) is 0.348. The van der Waals surface area contributed by atoms with E-state index in [1.807, 2.05) is 19.9 Å². The van der Waals surface area contributed by atoms with E-state index >= 15 is 0 Å². The Morgan fingerprint density at radius 2 is 1.77 bits per heavy atom. The molecule has 2 aliphatic rings. The highest BCUT2D eigenvalue weighted by Crippen LogP contribution is 2.35. The summed E-state index contributed by atoms with van der Waals surface area (Å²) in [6, 6.07) is 6.20. The maximum atomic E-state index is 13.2. The zero-order chi connectivity index (χ0) is 22.3. The molecule has 31 heavy (non-hydrogen) atoms. The highest BCUT2D eigenvalue weighted by Gasteiger charge is 2.38. The molecule has 4 rings (SSSR count). The molecule has 2 heterocycles. The van der Waals surface area contributed by atoms with Crippen LogP contribution in [0.25, 0.3) is 6.08 Å². The third kappa shape index (κ3) is 3.90. The summed E-state index contributed by atoms with van der Waals surface area (Å²) < 4.78 is 2.30. The van der Waals surface area contributed by atoms with Crippen molar-refractivity contribution in [3.8, 4) is 0 Å². The molecule has 1 N–H and O–H groups in total. The van der Waals surface area contributed by atoms with Gasteiger partial charge in [0.05, 0.1) is 15.7 Å². The number of benzene rings is 1. The van der Waals surface area contributed by atoms with Gasteiger partial charge in [-0.1, -0.05) is 48.5 Å². The number of carbonyl (C=O) groups is 3. The first-order valence-corrected chi connectivity index (χ1v) is 11.1. The average molecular weight is 460 g/mol. The number of nitrogens with one attached hydrogen (secondary N) is 1. The van der Waals surface area contributed by atoms with E-state index in [0.717, 1.165) is 34.7 Å². The van der Waals surface area contributed by atoms with Crippen LogP contribution in [-0.2, 0) is 9.59 Å². The Morgan fingerprint density at radius 1 is 1.06 bits per heavy atom. The molecule has 0 spiro atoms.